The Hall–Kier alpha value is -1.23. The van der Waals surface area contributed by atoms with E-state index in [1.165, 1.54) is 34.0 Å². The van der Waals surface area contributed by atoms with Crippen LogP contribution in [0.15, 0.2) is 24.3 Å². The number of aromatic nitrogens is 1. The van der Waals surface area contributed by atoms with E-state index in [-0.39, 0.29) is 6.61 Å². The minimum atomic E-state index is 0.120. The number of hydrogen-bond donors (Lipinski definition) is 2. The smallest absolute Gasteiger partial charge is 0.0928 e. The third-order valence-corrected chi connectivity index (χ3v) is 5.66. The highest BCUT2D eigenvalue weighted by Gasteiger charge is 2.23. The number of aliphatic hydroxyl groups is 1. The molecule has 0 saturated carbocycles. The molecule has 3 nitrogen and oxygen atoms in total. The van der Waals surface area contributed by atoms with Crippen molar-refractivity contribution in [1.29, 1.82) is 0 Å². The molecule has 1 aromatic carbocycles. The van der Waals surface area contributed by atoms with Gasteiger partial charge in [0, 0.05) is 10.9 Å². The standard InChI is InChI=1S/C18H24N2OS/c1-2-17-20-16-5-3-4-15(18(16)22-17)19-11-10-13-6-8-14(12-21)9-7-13/h6-9,15,19,21H,2-5,10-12H2,1H3. The molecule has 0 aliphatic heterocycles. The van der Waals surface area contributed by atoms with E-state index in [1.807, 2.05) is 23.5 Å². The Bertz CT molecular complexity index is 606. The molecule has 0 radical (unpaired) electrons. The van der Waals surface area contributed by atoms with Crippen LogP contribution < -0.4 is 5.32 Å². The third kappa shape index (κ3) is 3.57. The fourth-order valence-electron chi connectivity index (χ4n) is 3.02. The van der Waals surface area contributed by atoms with Gasteiger partial charge in [-0.15, -0.1) is 11.3 Å². The first-order valence-corrected chi connectivity index (χ1v) is 9.02. The number of nitrogens with one attached hydrogen (secondary N) is 1. The number of hydrogen-bond acceptors (Lipinski definition) is 4. The molecule has 1 heterocycles. The highest BCUT2D eigenvalue weighted by Crippen LogP contribution is 2.34. The van der Waals surface area contributed by atoms with Gasteiger partial charge in [0.05, 0.1) is 17.3 Å². The van der Waals surface area contributed by atoms with Crippen molar-refractivity contribution in [2.24, 2.45) is 0 Å². The summed E-state index contributed by atoms with van der Waals surface area (Å²) in [4.78, 5) is 6.23. The van der Waals surface area contributed by atoms with Gasteiger partial charge in [-0.3, -0.25) is 0 Å². The van der Waals surface area contributed by atoms with Gasteiger partial charge in [-0.1, -0.05) is 31.2 Å². The normalized spacial score (nSPS) is 17.5. The van der Waals surface area contributed by atoms with Gasteiger partial charge in [0.15, 0.2) is 0 Å². The van der Waals surface area contributed by atoms with Gasteiger partial charge in [0.2, 0.25) is 0 Å². The van der Waals surface area contributed by atoms with Crippen molar-refractivity contribution in [3.8, 4) is 0 Å². The van der Waals surface area contributed by atoms with E-state index >= 15 is 0 Å². The van der Waals surface area contributed by atoms with Gasteiger partial charge in [-0.2, -0.15) is 0 Å². The van der Waals surface area contributed by atoms with Crippen molar-refractivity contribution < 1.29 is 5.11 Å². The molecule has 1 unspecified atom stereocenters. The molecule has 2 N–H and O–H groups in total. The van der Waals surface area contributed by atoms with Crippen LogP contribution in [0.25, 0.3) is 0 Å². The molecule has 0 spiro atoms. The Balaban J connectivity index is 1.57. The summed E-state index contributed by atoms with van der Waals surface area (Å²) in [5.74, 6) is 0. The van der Waals surface area contributed by atoms with Crippen LogP contribution >= 0.6 is 11.3 Å². The molecule has 118 valence electrons. The molecule has 0 saturated heterocycles. The molecular formula is C18H24N2OS. The Labute approximate surface area is 136 Å². The van der Waals surface area contributed by atoms with Crippen LogP contribution in [0, 0.1) is 0 Å². The number of aliphatic hydroxyl groups excluding tert-OH is 1. The maximum atomic E-state index is 9.07. The van der Waals surface area contributed by atoms with Gasteiger partial charge in [0.1, 0.15) is 0 Å². The molecule has 0 fully saturated rings. The summed E-state index contributed by atoms with van der Waals surface area (Å²) < 4.78 is 0. The zero-order valence-electron chi connectivity index (χ0n) is 13.1. The number of nitrogens with zero attached hydrogens (tertiary/aromatic N) is 1. The fraction of sp³-hybridized carbons (Fsp3) is 0.500. The van der Waals surface area contributed by atoms with E-state index in [4.69, 9.17) is 10.1 Å². The summed E-state index contributed by atoms with van der Waals surface area (Å²) in [6.45, 7) is 3.29. The van der Waals surface area contributed by atoms with Crippen LogP contribution in [0.1, 0.15) is 52.5 Å². The second kappa shape index (κ2) is 7.36. The predicted molar refractivity (Wildman–Crippen MR) is 91.2 cm³/mol. The highest BCUT2D eigenvalue weighted by molar-refractivity contribution is 7.11. The lowest BCUT2D eigenvalue weighted by Gasteiger charge is -2.22. The number of benzene rings is 1. The summed E-state index contributed by atoms with van der Waals surface area (Å²) in [5, 5.41) is 14.1. The van der Waals surface area contributed by atoms with Crippen LogP contribution in [0.4, 0.5) is 0 Å². The Kier molecular flexibility index (Phi) is 5.24. The fourth-order valence-corrected chi connectivity index (χ4v) is 4.18. The molecule has 0 bridgehead atoms. The summed E-state index contributed by atoms with van der Waals surface area (Å²) in [7, 11) is 0. The summed E-state index contributed by atoms with van der Waals surface area (Å²) in [6.07, 6.45) is 5.68. The van der Waals surface area contributed by atoms with Crippen LogP contribution in [-0.2, 0) is 25.9 Å². The molecule has 1 aliphatic rings. The Morgan fingerprint density at radius 2 is 2.05 bits per heavy atom. The first-order valence-electron chi connectivity index (χ1n) is 8.20. The monoisotopic (exact) mass is 316 g/mol. The van der Waals surface area contributed by atoms with Gasteiger partial charge in [-0.25, -0.2) is 4.98 Å². The molecular weight excluding hydrogens is 292 g/mol. The second-order valence-corrected chi connectivity index (χ2v) is 7.01. The van der Waals surface area contributed by atoms with Crippen molar-refractivity contribution in [2.45, 2.75) is 51.7 Å². The van der Waals surface area contributed by atoms with Crippen molar-refractivity contribution >= 4 is 11.3 Å². The first-order chi connectivity index (χ1) is 10.8. The first kappa shape index (κ1) is 15.7. The molecule has 1 aromatic heterocycles. The lowest BCUT2D eigenvalue weighted by molar-refractivity contribution is 0.282. The van der Waals surface area contributed by atoms with E-state index in [1.54, 1.807) is 0 Å². The maximum absolute atomic E-state index is 9.07. The minimum Gasteiger partial charge on any atom is -0.392 e. The Morgan fingerprint density at radius 1 is 1.27 bits per heavy atom. The zero-order valence-corrected chi connectivity index (χ0v) is 14.0. The SMILES string of the molecule is CCc1nc2c(s1)C(NCCc1ccc(CO)cc1)CCC2. The topological polar surface area (TPSA) is 45.2 Å². The zero-order chi connectivity index (χ0) is 15.4. The number of aryl methyl sites for hydroxylation is 2. The third-order valence-electron chi connectivity index (χ3n) is 4.31. The van der Waals surface area contributed by atoms with Crippen LogP contribution in [0.3, 0.4) is 0 Å². The number of fused-ring (bicyclic) bond motifs is 1. The molecule has 22 heavy (non-hydrogen) atoms. The summed E-state index contributed by atoms with van der Waals surface area (Å²) in [6, 6.07) is 8.72. The maximum Gasteiger partial charge on any atom is 0.0928 e. The van der Waals surface area contributed by atoms with Gasteiger partial charge < -0.3 is 10.4 Å². The van der Waals surface area contributed by atoms with E-state index in [0.29, 0.717) is 6.04 Å². The average molecular weight is 316 g/mol. The van der Waals surface area contributed by atoms with E-state index in [0.717, 1.165) is 31.4 Å². The summed E-state index contributed by atoms with van der Waals surface area (Å²) >= 11 is 1.89. The van der Waals surface area contributed by atoms with Crippen molar-refractivity contribution in [3.05, 3.63) is 51.0 Å². The van der Waals surface area contributed by atoms with E-state index < -0.39 is 0 Å². The van der Waals surface area contributed by atoms with Gasteiger partial charge in [-0.05, 0) is 49.8 Å². The average Bonchev–Trinajstić information content (AvgIpc) is 2.99. The van der Waals surface area contributed by atoms with Gasteiger partial charge >= 0.3 is 0 Å². The predicted octanol–water partition coefficient (Wildman–Crippen LogP) is 3.41. The van der Waals surface area contributed by atoms with E-state index in [2.05, 4.69) is 24.4 Å². The van der Waals surface area contributed by atoms with Crippen LogP contribution in [0.5, 0.6) is 0 Å². The quantitative estimate of drug-likeness (QED) is 0.858. The van der Waals surface area contributed by atoms with E-state index in [9.17, 15) is 0 Å². The summed E-state index contributed by atoms with van der Waals surface area (Å²) in [5.41, 5.74) is 3.63. The lowest BCUT2D eigenvalue weighted by atomic mass is 9.98. The van der Waals surface area contributed by atoms with Crippen LogP contribution in [-0.4, -0.2) is 16.6 Å². The van der Waals surface area contributed by atoms with Gasteiger partial charge in [0.25, 0.3) is 0 Å². The second-order valence-electron chi connectivity index (χ2n) is 5.90. The minimum absolute atomic E-state index is 0.120. The molecule has 4 heteroatoms. The highest BCUT2D eigenvalue weighted by atomic mass is 32.1. The molecule has 2 aromatic rings. The van der Waals surface area contributed by atoms with Crippen molar-refractivity contribution in [2.75, 3.05) is 6.54 Å². The number of thiazole rings is 1. The number of rotatable bonds is 6. The molecule has 1 aliphatic carbocycles. The largest absolute Gasteiger partial charge is 0.392 e. The van der Waals surface area contributed by atoms with Crippen molar-refractivity contribution in [1.82, 2.24) is 10.3 Å². The Morgan fingerprint density at radius 3 is 2.77 bits per heavy atom. The molecule has 1 atom stereocenters. The molecule has 0 amide bonds. The van der Waals surface area contributed by atoms with Crippen LogP contribution in [0.2, 0.25) is 0 Å². The lowest BCUT2D eigenvalue weighted by Crippen LogP contribution is -2.26. The molecule has 3 rings (SSSR count). The van der Waals surface area contributed by atoms with Crippen molar-refractivity contribution in [3.63, 3.8) is 0 Å².